The predicted molar refractivity (Wildman–Crippen MR) is 72.7 cm³/mol. The van der Waals surface area contributed by atoms with Crippen molar-refractivity contribution in [3.8, 4) is 0 Å². The molecule has 1 fully saturated rings. The van der Waals surface area contributed by atoms with E-state index in [9.17, 15) is 8.42 Å². The van der Waals surface area contributed by atoms with Gasteiger partial charge in [-0.05, 0) is 12.8 Å². The van der Waals surface area contributed by atoms with Gasteiger partial charge in [-0.25, -0.2) is 18.4 Å². The first-order valence-electron chi connectivity index (χ1n) is 6.10. The molecule has 0 aromatic carbocycles. The zero-order chi connectivity index (χ0) is 13.5. The van der Waals surface area contributed by atoms with Crippen molar-refractivity contribution in [1.82, 2.24) is 14.4 Å². The number of nitrogen functional groups attached to an aromatic ring is 1. The standard InChI is InChI=1S/C11H15N5O2S/c12-9-7-16-4-3-13-11(16)10(15-9)14-8-1-5-19(17,18)6-2-8/h3-4,7-8H,1-2,5-6,12H2,(H,14,15). The van der Waals surface area contributed by atoms with Crippen LogP contribution < -0.4 is 11.1 Å². The Hall–Kier alpha value is -1.83. The summed E-state index contributed by atoms with van der Waals surface area (Å²) in [5.74, 6) is 1.45. The van der Waals surface area contributed by atoms with Gasteiger partial charge in [0.05, 0.1) is 17.7 Å². The average molecular weight is 281 g/mol. The normalized spacial score (nSPS) is 19.6. The lowest BCUT2D eigenvalue weighted by molar-refractivity contribution is 0.559. The minimum absolute atomic E-state index is 0.0957. The van der Waals surface area contributed by atoms with Crippen LogP contribution in [0.2, 0.25) is 0 Å². The fourth-order valence-electron chi connectivity index (χ4n) is 2.28. The van der Waals surface area contributed by atoms with Crippen molar-refractivity contribution >= 4 is 27.1 Å². The highest BCUT2D eigenvalue weighted by Crippen LogP contribution is 2.20. The van der Waals surface area contributed by atoms with Gasteiger partial charge in [-0.1, -0.05) is 0 Å². The molecule has 8 heteroatoms. The van der Waals surface area contributed by atoms with E-state index in [4.69, 9.17) is 5.73 Å². The Morgan fingerprint density at radius 3 is 2.84 bits per heavy atom. The molecule has 0 unspecified atom stereocenters. The van der Waals surface area contributed by atoms with Crippen LogP contribution in [0, 0.1) is 0 Å². The van der Waals surface area contributed by atoms with Gasteiger partial charge in [0.1, 0.15) is 15.7 Å². The highest BCUT2D eigenvalue weighted by atomic mass is 32.2. The molecule has 0 spiro atoms. The summed E-state index contributed by atoms with van der Waals surface area (Å²) in [7, 11) is -2.85. The molecule has 0 atom stereocenters. The highest BCUT2D eigenvalue weighted by Gasteiger charge is 2.24. The summed E-state index contributed by atoms with van der Waals surface area (Å²) in [5.41, 5.74) is 6.43. The molecule has 3 N–H and O–H groups in total. The number of sulfone groups is 1. The van der Waals surface area contributed by atoms with Crippen molar-refractivity contribution in [1.29, 1.82) is 0 Å². The molecule has 0 bridgehead atoms. The van der Waals surface area contributed by atoms with Gasteiger partial charge in [-0.2, -0.15) is 0 Å². The quantitative estimate of drug-likeness (QED) is 0.821. The Morgan fingerprint density at radius 1 is 1.37 bits per heavy atom. The van der Waals surface area contributed by atoms with Gasteiger partial charge in [0.25, 0.3) is 0 Å². The molecule has 1 aliphatic rings. The molecular weight excluding hydrogens is 266 g/mol. The minimum Gasteiger partial charge on any atom is -0.382 e. The zero-order valence-corrected chi connectivity index (χ0v) is 11.1. The molecule has 7 nitrogen and oxygen atoms in total. The van der Waals surface area contributed by atoms with E-state index in [1.807, 2.05) is 0 Å². The second-order valence-corrected chi connectivity index (χ2v) is 7.05. The lowest BCUT2D eigenvalue weighted by atomic mass is 10.1. The maximum Gasteiger partial charge on any atom is 0.180 e. The first-order valence-corrected chi connectivity index (χ1v) is 7.92. The molecule has 3 heterocycles. The molecule has 1 saturated heterocycles. The van der Waals surface area contributed by atoms with E-state index in [1.165, 1.54) is 0 Å². The summed E-state index contributed by atoms with van der Waals surface area (Å²) in [6.45, 7) is 0. The third-order valence-electron chi connectivity index (χ3n) is 3.29. The molecule has 0 radical (unpaired) electrons. The van der Waals surface area contributed by atoms with Crippen LogP contribution in [0.15, 0.2) is 18.6 Å². The van der Waals surface area contributed by atoms with Gasteiger partial charge in [0.15, 0.2) is 11.5 Å². The van der Waals surface area contributed by atoms with Crippen LogP contribution >= 0.6 is 0 Å². The second-order valence-electron chi connectivity index (χ2n) is 4.74. The van der Waals surface area contributed by atoms with Crippen molar-refractivity contribution in [3.05, 3.63) is 18.6 Å². The van der Waals surface area contributed by atoms with Crippen LogP contribution in [0.25, 0.3) is 5.65 Å². The van der Waals surface area contributed by atoms with E-state index in [0.717, 1.165) is 0 Å². The molecule has 0 saturated carbocycles. The molecule has 0 aliphatic carbocycles. The second kappa shape index (κ2) is 4.37. The van der Waals surface area contributed by atoms with Gasteiger partial charge in [0, 0.05) is 18.4 Å². The average Bonchev–Trinajstić information content (AvgIpc) is 2.80. The van der Waals surface area contributed by atoms with Crippen molar-refractivity contribution in [3.63, 3.8) is 0 Å². The maximum atomic E-state index is 11.4. The predicted octanol–water partition coefficient (Wildman–Crippen LogP) is 0.301. The summed E-state index contributed by atoms with van der Waals surface area (Å²) in [6, 6.07) is 0.0957. The van der Waals surface area contributed by atoms with Gasteiger partial charge in [-0.3, -0.25) is 0 Å². The lowest BCUT2D eigenvalue weighted by Gasteiger charge is -2.23. The van der Waals surface area contributed by atoms with Crippen molar-refractivity contribution < 1.29 is 8.42 Å². The number of hydrogen-bond donors (Lipinski definition) is 2. The first-order chi connectivity index (χ1) is 9.03. The van der Waals surface area contributed by atoms with Gasteiger partial charge in [0.2, 0.25) is 0 Å². The number of anilines is 2. The summed E-state index contributed by atoms with van der Waals surface area (Å²) in [6.07, 6.45) is 6.34. The number of nitrogens with one attached hydrogen (secondary N) is 1. The minimum atomic E-state index is -2.85. The topological polar surface area (TPSA) is 102 Å². The largest absolute Gasteiger partial charge is 0.382 e. The Bertz CT molecular complexity index is 695. The maximum absolute atomic E-state index is 11.4. The fraction of sp³-hybridized carbons (Fsp3) is 0.455. The number of nitrogens with two attached hydrogens (primary N) is 1. The van der Waals surface area contributed by atoms with E-state index < -0.39 is 9.84 Å². The lowest BCUT2D eigenvalue weighted by Crippen LogP contribution is -2.32. The molecule has 2 aromatic rings. The number of hydrogen-bond acceptors (Lipinski definition) is 6. The molecule has 0 amide bonds. The van der Waals surface area contributed by atoms with Crippen molar-refractivity contribution in [2.75, 3.05) is 22.6 Å². The number of fused-ring (bicyclic) bond motifs is 1. The number of aromatic nitrogens is 3. The zero-order valence-electron chi connectivity index (χ0n) is 10.3. The van der Waals surface area contributed by atoms with E-state index in [0.29, 0.717) is 30.1 Å². The summed E-state index contributed by atoms with van der Waals surface area (Å²) < 4.78 is 24.6. The Labute approximate surface area is 110 Å². The van der Waals surface area contributed by atoms with Crippen LogP contribution in [-0.4, -0.2) is 40.3 Å². The van der Waals surface area contributed by atoms with Gasteiger partial charge < -0.3 is 15.5 Å². The van der Waals surface area contributed by atoms with Crippen LogP contribution in [0.5, 0.6) is 0 Å². The molecule has 1 aliphatic heterocycles. The summed E-state index contributed by atoms with van der Waals surface area (Å²) in [5, 5.41) is 3.25. The summed E-state index contributed by atoms with van der Waals surface area (Å²) in [4.78, 5) is 8.46. The van der Waals surface area contributed by atoms with Crippen LogP contribution in [0.3, 0.4) is 0 Å². The van der Waals surface area contributed by atoms with Crippen LogP contribution in [-0.2, 0) is 9.84 Å². The number of rotatable bonds is 2. The summed E-state index contributed by atoms with van der Waals surface area (Å²) >= 11 is 0. The van der Waals surface area contributed by atoms with E-state index in [1.54, 1.807) is 23.0 Å². The fourth-order valence-corrected chi connectivity index (χ4v) is 3.77. The molecule has 102 valence electrons. The Morgan fingerprint density at radius 2 is 2.11 bits per heavy atom. The number of imidazole rings is 1. The Balaban J connectivity index is 1.84. The van der Waals surface area contributed by atoms with Crippen molar-refractivity contribution in [2.45, 2.75) is 18.9 Å². The van der Waals surface area contributed by atoms with E-state index in [-0.39, 0.29) is 17.5 Å². The monoisotopic (exact) mass is 281 g/mol. The van der Waals surface area contributed by atoms with Crippen LogP contribution in [0.1, 0.15) is 12.8 Å². The SMILES string of the molecule is Nc1cn2ccnc2c(NC2CCS(=O)(=O)CC2)n1. The van der Waals surface area contributed by atoms with E-state index >= 15 is 0 Å². The first kappa shape index (κ1) is 12.2. The third-order valence-corrected chi connectivity index (χ3v) is 5.00. The van der Waals surface area contributed by atoms with Crippen LogP contribution in [0.4, 0.5) is 11.6 Å². The van der Waals surface area contributed by atoms with E-state index in [2.05, 4.69) is 15.3 Å². The van der Waals surface area contributed by atoms with Gasteiger partial charge in [-0.15, -0.1) is 0 Å². The molecule has 19 heavy (non-hydrogen) atoms. The third kappa shape index (κ3) is 2.48. The molecular formula is C11H15N5O2S. The van der Waals surface area contributed by atoms with Gasteiger partial charge >= 0.3 is 0 Å². The smallest absolute Gasteiger partial charge is 0.180 e. The highest BCUT2D eigenvalue weighted by molar-refractivity contribution is 7.91. The molecule has 3 rings (SSSR count). The number of nitrogens with zero attached hydrogens (tertiary/aromatic N) is 3. The Kier molecular flexibility index (Phi) is 2.81. The molecule has 2 aromatic heterocycles. The van der Waals surface area contributed by atoms with Crippen molar-refractivity contribution in [2.24, 2.45) is 0 Å².